The Labute approximate surface area is 147 Å². The third-order valence-electron chi connectivity index (χ3n) is 4.66. The summed E-state index contributed by atoms with van der Waals surface area (Å²) in [6.07, 6.45) is 4.39. The minimum atomic E-state index is 0.00765. The number of pyridine rings is 1. The average molecular weight is 347 g/mol. The first-order chi connectivity index (χ1) is 11.7. The SMILES string of the molecule is COCCC[C@@H]1CCCN(C(=O)c2ccc3cccc(Cl)c3n2)C1. The van der Waals surface area contributed by atoms with Gasteiger partial charge < -0.3 is 9.64 Å². The van der Waals surface area contributed by atoms with Gasteiger partial charge in [0, 0.05) is 32.2 Å². The van der Waals surface area contributed by atoms with Gasteiger partial charge in [0.1, 0.15) is 5.69 Å². The summed E-state index contributed by atoms with van der Waals surface area (Å²) < 4.78 is 5.13. The number of halogens is 1. The van der Waals surface area contributed by atoms with Gasteiger partial charge in [0.05, 0.1) is 10.5 Å². The highest BCUT2D eigenvalue weighted by Gasteiger charge is 2.25. The number of hydrogen-bond acceptors (Lipinski definition) is 3. The third kappa shape index (κ3) is 3.87. The summed E-state index contributed by atoms with van der Waals surface area (Å²) in [6.45, 7) is 2.40. The van der Waals surface area contributed by atoms with Crippen LogP contribution in [0.3, 0.4) is 0 Å². The summed E-state index contributed by atoms with van der Waals surface area (Å²) in [6, 6.07) is 9.37. The zero-order chi connectivity index (χ0) is 16.9. The standard InChI is InChI=1S/C19H23ClN2O2/c1-24-12-4-6-14-5-3-11-22(13-14)19(23)17-10-9-15-7-2-8-16(20)18(15)21-17/h2,7-10,14H,3-6,11-13H2,1H3/t14-/m0/s1. The molecular weight excluding hydrogens is 324 g/mol. The minimum absolute atomic E-state index is 0.00765. The summed E-state index contributed by atoms with van der Waals surface area (Å²) in [7, 11) is 1.73. The smallest absolute Gasteiger partial charge is 0.272 e. The Bertz CT molecular complexity index is 720. The molecule has 0 radical (unpaired) electrons. The van der Waals surface area contributed by atoms with Crippen LogP contribution in [-0.4, -0.2) is 42.6 Å². The molecule has 1 fully saturated rings. The van der Waals surface area contributed by atoms with Gasteiger partial charge in [0.15, 0.2) is 0 Å². The molecule has 1 atom stereocenters. The molecule has 1 aromatic carbocycles. The van der Waals surface area contributed by atoms with Crippen LogP contribution < -0.4 is 0 Å². The summed E-state index contributed by atoms with van der Waals surface area (Å²) in [5.41, 5.74) is 1.17. The molecule has 0 bridgehead atoms. The first kappa shape index (κ1) is 17.2. The Morgan fingerprint density at radius 3 is 3.08 bits per heavy atom. The third-order valence-corrected chi connectivity index (χ3v) is 4.96. The number of nitrogens with zero attached hydrogens (tertiary/aromatic N) is 2. The number of carbonyl (C=O) groups is 1. The lowest BCUT2D eigenvalue weighted by Crippen LogP contribution is -2.40. The number of benzene rings is 1. The van der Waals surface area contributed by atoms with E-state index in [0.29, 0.717) is 22.2 Å². The van der Waals surface area contributed by atoms with Crippen molar-refractivity contribution in [2.45, 2.75) is 25.7 Å². The van der Waals surface area contributed by atoms with Gasteiger partial charge in [-0.15, -0.1) is 0 Å². The van der Waals surface area contributed by atoms with E-state index in [9.17, 15) is 4.79 Å². The maximum absolute atomic E-state index is 12.8. The Morgan fingerprint density at radius 2 is 2.25 bits per heavy atom. The lowest BCUT2D eigenvalue weighted by Gasteiger charge is -2.32. The predicted molar refractivity (Wildman–Crippen MR) is 96.5 cm³/mol. The van der Waals surface area contributed by atoms with Gasteiger partial charge >= 0.3 is 0 Å². The number of aromatic nitrogens is 1. The lowest BCUT2D eigenvalue weighted by atomic mass is 9.93. The minimum Gasteiger partial charge on any atom is -0.385 e. The molecule has 2 aromatic rings. The van der Waals surface area contributed by atoms with E-state index in [4.69, 9.17) is 16.3 Å². The molecule has 4 nitrogen and oxygen atoms in total. The van der Waals surface area contributed by atoms with Crippen LogP contribution in [0.4, 0.5) is 0 Å². The fraction of sp³-hybridized carbons (Fsp3) is 0.474. The predicted octanol–water partition coefficient (Wildman–Crippen LogP) is 4.17. The molecular formula is C19H23ClN2O2. The summed E-state index contributed by atoms with van der Waals surface area (Å²) in [4.78, 5) is 19.3. The van der Waals surface area contributed by atoms with Gasteiger partial charge in [-0.25, -0.2) is 4.98 Å². The first-order valence-corrected chi connectivity index (χ1v) is 8.90. The number of ether oxygens (including phenoxy) is 1. The number of para-hydroxylation sites is 1. The Kier molecular flexibility index (Phi) is 5.69. The number of likely N-dealkylation sites (tertiary alicyclic amines) is 1. The lowest BCUT2D eigenvalue weighted by molar-refractivity contribution is 0.0655. The van der Waals surface area contributed by atoms with Gasteiger partial charge in [-0.3, -0.25) is 4.79 Å². The molecule has 0 spiro atoms. The molecule has 5 heteroatoms. The van der Waals surface area contributed by atoms with Gasteiger partial charge in [0.2, 0.25) is 0 Å². The second-order valence-electron chi connectivity index (χ2n) is 6.40. The van der Waals surface area contributed by atoms with Crippen LogP contribution >= 0.6 is 11.6 Å². The van der Waals surface area contributed by atoms with Crippen LogP contribution in [0, 0.1) is 5.92 Å². The largest absolute Gasteiger partial charge is 0.385 e. The molecule has 1 aliphatic heterocycles. The van der Waals surface area contributed by atoms with Crippen LogP contribution in [0.25, 0.3) is 10.9 Å². The molecule has 1 amide bonds. The number of hydrogen-bond donors (Lipinski definition) is 0. The maximum atomic E-state index is 12.8. The van der Waals surface area contributed by atoms with Crippen molar-refractivity contribution < 1.29 is 9.53 Å². The molecule has 0 aliphatic carbocycles. The maximum Gasteiger partial charge on any atom is 0.272 e. The van der Waals surface area contributed by atoms with Crippen LogP contribution in [-0.2, 0) is 4.74 Å². The first-order valence-electron chi connectivity index (χ1n) is 8.52. The van der Waals surface area contributed by atoms with Crippen molar-refractivity contribution in [1.82, 2.24) is 9.88 Å². The fourth-order valence-corrected chi connectivity index (χ4v) is 3.62. The van der Waals surface area contributed by atoms with E-state index in [0.717, 1.165) is 44.3 Å². The highest BCUT2D eigenvalue weighted by atomic mass is 35.5. The molecule has 2 heterocycles. The quantitative estimate of drug-likeness (QED) is 0.763. The molecule has 1 aliphatic rings. The number of carbonyl (C=O) groups excluding carboxylic acids is 1. The van der Waals surface area contributed by atoms with Crippen molar-refractivity contribution in [3.8, 4) is 0 Å². The number of amides is 1. The van der Waals surface area contributed by atoms with Gasteiger partial charge in [0.25, 0.3) is 5.91 Å². The number of piperidine rings is 1. The van der Waals surface area contributed by atoms with Crippen molar-refractivity contribution >= 4 is 28.4 Å². The van der Waals surface area contributed by atoms with E-state index in [1.54, 1.807) is 19.2 Å². The highest BCUT2D eigenvalue weighted by molar-refractivity contribution is 6.35. The topological polar surface area (TPSA) is 42.4 Å². The summed E-state index contributed by atoms with van der Waals surface area (Å²) in [5.74, 6) is 0.565. The number of methoxy groups -OCH3 is 1. The molecule has 1 aromatic heterocycles. The van der Waals surface area contributed by atoms with Gasteiger partial charge in [-0.1, -0.05) is 29.8 Å². The van der Waals surface area contributed by atoms with E-state index in [1.165, 1.54) is 6.42 Å². The Balaban J connectivity index is 1.72. The van der Waals surface area contributed by atoms with Crippen molar-refractivity contribution in [3.05, 3.63) is 41.0 Å². The molecule has 0 saturated carbocycles. The molecule has 128 valence electrons. The van der Waals surface area contributed by atoms with E-state index >= 15 is 0 Å². The van der Waals surface area contributed by atoms with Crippen LogP contribution in [0.2, 0.25) is 5.02 Å². The van der Waals surface area contributed by atoms with E-state index in [2.05, 4.69) is 4.98 Å². The van der Waals surface area contributed by atoms with Gasteiger partial charge in [-0.2, -0.15) is 0 Å². The van der Waals surface area contributed by atoms with Crippen LogP contribution in [0.15, 0.2) is 30.3 Å². The van der Waals surface area contributed by atoms with Crippen LogP contribution in [0.5, 0.6) is 0 Å². The molecule has 0 N–H and O–H groups in total. The van der Waals surface area contributed by atoms with E-state index in [1.807, 2.05) is 23.1 Å². The second kappa shape index (κ2) is 7.95. The van der Waals surface area contributed by atoms with Crippen molar-refractivity contribution in [2.75, 3.05) is 26.8 Å². The monoisotopic (exact) mass is 346 g/mol. The normalized spacial score (nSPS) is 18.1. The second-order valence-corrected chi connectivity index (χ2v) is 6.81. The summed E-state index contributed by atoms with van der Waals surface area (Å²) >= 11 is 6.21. The van der Waals surface area contributed by atoms with Crippen molar-refractivity contribution in [2.24, 2.45) is 5.92 Å². The Morgan fingerprint density at radius 1 is 1.38 bits per heavy atom. The van der Waals surface area contributed by atoms with Crippen LogP contribution in [0.1, 0.15) is 36.2 Å². The van der Waals surface area contributed by atoms with Crippen molar-refractivity contribution in [3.63, 3.8) is 0 Å². The molecule has 1 saturated heterocycles. The fourth-order valence-electron chi connectivity index (χ4n) is 3.39. The zero-order valence-electron chi connectivity index (χ0n) is 14.0. The molecule has 3 rings (SSSR count). The van der Waals surface area contributed by atoms with E-state index in [-0.39, 0.29) is 5.91 Å². The number of rotatable bonds is 5. The van der Waals surface area contributed by atoms with Gasteiger partial charge in [-0.05, 0) is 43.7 Å². The molecule has 24 heavy (non-hydrogen) atoms. The highest BCUT2D eigenvalue weighted by Crippen LogP contribution is 2.24. The molecule has 0 unspecified atom stereocenters. The van der Waals surface area contributed by atoms with Crippen molar-refractivity contribution in [1.29, 1.82) is 0 Å². The zero-order valence-corrected chi connectivity index (χ0v) is 14.8. The number of fused-ring (bicyclic) bond motifs is 1. The Hall–Kier alpha value is -1.65. The average Bonchev–Trinajstić information content (AvgIpc) is 2.62. The van der Waals surface area contributed by atoms with E-state index < -0.39 is 0 Å². The summed E-state index contributed by atoms with van der Waals surface area (Å²) in [5, 5.41) is 1.54.